The zero-order valence-corrected chi connectivity index (χ0v) is 12.5. The average molecular weight is 280 g/mol. The van der Waals surface area contributed by atoms with Crippen LogP contribution in [0.15, 0.2) is 48.5 Å². The molecule has 108 valence electrons. The Morgan fingerprint density at radius 1 is 1.05 bits per heavy atom. The molecule has 2 aromatic rings. The van der Waals surface area contributed by atoms with Gasteiger partial charge in [0.15, 0.2) is 0 Å². The highest BCUT2D eigenvalue weighted by atomic mass is 16.2. The Kier molecular flexibility index (Phi) is 3.65. The van der Waals surface area contributed by atoms with Gasteiger partial charge in [-0.2, -0.15) is 0 Å². The van der Waals surface area contributed by atoms with E-state index in [1.165, 1.54) is 11.1 Å². The molecule has 0 N–H and O–H groups in total. The van der Waals surface area contributed by atoms with E-state index in [0.717, 1.165) is 24.2 Å². The van der Waals surface area contributed by atoms with Crippen LogP contribution in [0, 0.1) is 0 Å². The SMILES string of the molecule is CN(C)c1cccc(C(=O)N2CCc3ccccc3C2)c1. The predicted molar refractivity (Wildman–Crippen MR) is 85.7 cm³/mol. The topological polar surface area (TPSA) is 23.6 Å². The number of fused-ring (bicyclic) bond motifs is 1. The molecule has 1 aliphatic heterocycles. The van der Waals surface area contributed by atoms with Gasteiger partial charge in [-0.05, 0) is 35.7 Å². The van der Waals surface area contributed by atoms with E-state index in [1.807, 2.05) is 54.2 Å². The Labute approximate surface area is 125 Å². The molecule has 1 aliphatic rings. The van der Waals surface area contributed by atoms with E-state index < -0.39 is 0 Å². The maximum absolute atomic E-state index is 12.7. The van der Waals surface area contributed by atoms with E-state index in [2.05, 4.69) is 18.2 Å². The summed E-state index contributed by atoms with van der Waals surface area (Å²) in [5, 5.41) is 0. The molecule has 2 aromatic carbocycles. The Morgan fingerprint density at radius 2 is 1.81 bits per heavy atom. The van der Waals surface area contributed by atoms with Crippen LogP contribution in [0.5, 0.6) is 0 Å². The Hall–Kier alpha value is -2.29. The van der Waals surface area contributed by atoms with Gasteiger partial charge in [0.1, 0.15) is 0 Å². The lowest BCUT2D eigenvalue weighted by atomic mass is 9.99. The van der Waals surface area contributed by atoms with Crippen molar-refractivity contribution in [3.63, 3.8) is 0 Å². The lowest BCUT2D eigenvalue weighted by Crippen LogP contribution is -2.36. The van der Waals surface area contributed by atoms with Crippen LogP contribution in [0.2, 0.25) is 0 Å². The fourth-order valence-electron chi connectivity index (χ4n) is 2.77. The summed E-state index contributed by atoms with van der Waals surface area (Å²) in [7, 11) is 3.97. The molecule has 3 rings (SSSR count). The van der Waals surface area contributed by atoms with Crippen LogP contribution >= 0.6 is 0 Å². The van der Waals surface area contributed by atoms with Crippen LogP contribution in [0.25, 0.3) is 0 Å². The molecule has 0 saturated heterocycles. The van der Waals surface area contributed by atoms with Crippen molar-refractivity contribution in [2.24, 2.45) is 0 Å². The normalized spacial score (nSPS) is 13.7. The molecule has 0 aromatic heterocycles. The first-order valence-electron chi connectivity index (χ1n) is 7.28. The van der Waals surface area contributed by atoms with Crippen LogP contribution < -0.4 is 4.90 Å². The predicted octanol–water partition coefficient (Wildman–Crippen LogP) is 2.95. The number of anilines is 1. The lowest BCUT2D eigenvalue weighted by Gasteiger charge is -2.29. The molecule has 0 fully saturated rings. The molecule has 0 radical (unpaired) electrons. The largest absolute Gasteiger partial charge is 0.378 e. The molecule has 0 saturated carbocycles. The van der Waals surface area contributed by atoms with Crippen molar-refractivity contribution in [2.45, 2.75) is 13.0 Å². The highest BCUT2D eigenvalue weighted by Crippen LogP contribution is 2.21. The third-order valence-electron chi connectivity index (χ3n) is 4.03. The Morgan fingerprint density at radius 3 is 2.57 bits per heavy atom. The number of hydrogen-bond donors (Lipinski definition) is 0. The number of rotatable bonds is 2. The fraction of sp³-hybridized carbons (Fsp3) is 0.278. The number of carbonyl (C=O) groups excluding carboxylic acids is 1. The third kappa shape index (κ3) is 2.77. The van der Waals surface area contributed by atoms with Crippen molar-refractivity contribution in [2.75, 3.05) is 25.5 Å². The number of nitrogens with zero attached hydrogens (tertiary/aromatic N) is 2. The number of amides is 1. The second-order valence-corrected chi connectivity index (χ2v) is 5.69. The molecule has 0 atom stereocenters. The molecule has 0 aliphatic carbocycles. The van der Waals surface area contributed by atoms with Crippen LogP contribution in [-0.2, 0) is 13.0 Å². The van der Waals surface area contributed by atoms with Crippen molar-refractivity contribution < 1.29 is 4.79 Å². The van der Waals surface area contributed by atoms with Crippen LogP contribution in [-0.4, -0.2) is 31.4 Å². The second kappa shape index (κ2) is 5.60. The minimum Gasteiger partial charge on any atom is -0.378 e. The molecule has 1 heterocycles. The Balaban J connectivity index is 1.82. The lowest BCUT2D eigenvalue weighted by molar-refractivity contribution is 0.0735. The van der Waals surface area contributed by atoms with Gasteiger partial charge >= 0.3 is 0 Å². The van der Waals surface area contributed by atoms with E-state index in [1.54, 1.807) is 0 Å². The molecular weight excluding hydrogens is 260 g/mol. The molecule has 1 amide bonds. The first-order valence-corrected chi connectivity index (χ1v) is 7.28. The minimum atomic E-state index is 0.119. The summed E-state index contributed by atoms with van der Waals surface area (Å²) >= 11 is 0. The van der Waals surface area contributed by atoms with Gasteiger partial charge in [-0.3, -0.25) is 4.79 Å². The second-order valence-electron chi connectivity index (χ2n) is 5.69. The molecule has 3 nitrogen and oxygen atoms in total. The first-order chi connectivity index (χ1) is 10.1. The van der Waals surface area contributed by atoms with Crippen molar-refractivity contribution in [1.29, 1.82) is 0 Å². The van der Waals surface area contributed by atoms with Crippen molar-refractivity contribution in [1.82, 2.24) is 4.90 Å². The van der Waals surface area contributed by atoms with Gasteiger partial charge in [0.25, 0.3) is 5.91 Å². The number of hydrogen-bond acceptors (Lipinski definition) is 2. The quantitative estimate of drug-likeness (QED) is 0.844. The third-order valence-corrected chi connectivity index (χ3v) is 4.03. The van der Waals surface area contributed by atoms with E-state index in [4.69, 9.17) is 0 Å². The smallest absolute Gasteiger partial charge is 0.254 e. The zero-order chi connectivity index (χ0) is 14.8. The summed E-state index contributed by atoms with van der Waals surface area (Å²) in [6, 6.07) is 16.2. The van der Waals surface area contributed by atoms with E-state index in [0.29, 0.717) is 6.54 Å². The summed E-state index contributed by atoms with van der Waals surface area (Å²) in [4.78, 5) is 16.6. The molecule has 0 spiro atoms. The molecule has 21 heavy (non-hydrogen) atoms. The highest BCUT2D eigenvalue weighted by Gasteiger charge is 2.21. The van der Waals surface area contributed by atoms with Gasteiger partial charge in [0.05, 0.1) is 0 Å². The van der Waals surface area contributed by atoms with Gasteiger partial charge in [-0.25, -0.2) is 0 Å². The van der Waals surface area contributed by atoms with Gasteiger partial charge in [0.2, 0.25) is 0 Å². The van der Waals surface area contributed by atoms with Crippen LogP contribution in [0.3, 0.4) is 0 Å². The zero-order valence-electron chi connectivity index (χ0n) is 12.5. The van der Waals surface area contributed by atoms with Crippen molar-refractivity contribution in [3.05, 3.63) is 65.2 Å². The van der Waals surface area contributed by atoms with Crippen molar-refractivity contribution >= 4 is 11.6 Å². The number of benzene rings is 2. The van der Waals surface area contributed by atoms with Crippen LogP contribution in [0.1, 0.15) is 21.5 Å². The van der Waals surface area contributed by atoms with Gasteiger partial charge in [-0.1, -0.05) is 30.3 Å². The summed E-state index contributed by atoms with van der Waals surface area (Å²) in [6.45, 7) is 1.50. The summed E-state index contributed by atoms with van der Waals surface area (Å²) in [5.74, 6) is 0.119. The van der Waals surface area contributed by atoms with E-state index >= 15 is 0 Å². The highest BCUT2D eigenvalue weighted by molar-refractivity contribution is 5.95. The molecule has 0 bridgehead atoms. The van der Waals surface area contributed by atoms with Gasteiger partial charge in [-0.15, -0.1) is 0 Å². The summed E-state index contributed by atoms with van der Waals surface area (Å²) in [6.07, 6.45) is 0.940. The summed E-state index contributed by atoms with van der Waals surface area (Å²) in [5.41, 5.74) is 4.45. The van der Waals surface area contributed by atoms with E-state index in [-0.39, 0.29) is 5.91 Å². The minimum absolute atomic E-state index is 0.119. The summed E-state index contributed by atoms with van der Waals surface area (Å²) < 4.78 is 0. The maximum atomic E-state index is 12.7. The average Bonchev–Trinajstić information content (AvgIpc) is 2.53. The van der Waals surface area contributed by atoms with Crippen LogP contribution in [0.4, 0.5) is 5.69 Å². The monoisotopic (exact) mass is 280 g/mol. The molecule has 0 unspecified atom stereocenters. The fourth-order valence-corrected chi connectivity index (χ4v) is 2.77. The number of carbonyl (C=O) groups is 1. The Bertz CT molecular complexity index is 664. The maximum Gasteiger partial charge on any atom is 0.254 e. The standard InChI is InChI=1S/C18H20N2O/c1-19(2)17-9-5-8-15(12-17)18(21)20-11-10-14-6-3-4-7-16(14)13-20/h3-9,12H,10-11,13H2,1-2H3. The first kappa shape index (κ1) is 13.7. The van der Waals surface area contributed by atoms with Gasteiger partial charge in [0, 0.05) is 38.4 Å². The van der Waals surface area contributed by atoms with E-state index in [9.17, 15) is 4.79 Å². The molecule has 3 heteroatoms. The van der Waals surface area contributed by atoms with Crippen molar-refractivity contribution in [3.8, 4) is 0 Å². The van der Waals surface area contributed by atoms with Gasteiger partial charge < -0.3 is 9.80 Å². The molecular formula is C18H20N2O.